The first-order valence-corrected chi connectivity index (χ1v) is 4.82. The van der Waals surface area contributed by atoms with E-state index < -0.39 is 0 Å². The molecule has 0 saturated carbocycles. The zero-order valence-corrected chi connectivity index (χ0v) is 8.84. The molecular weight excluding hydrogens is 235 g/mol. The van der Waals surface area contributed by atoms with Gasteiger partial charge in [-0.1, -0.05) is 19.1 Å². The molecule has 0 amide bonds. The molecular formula is C10H10BrFO. The highest BCUT2D eigenvalue weighted by Crippen LogP contribution is 2.20. The molecule has 0 saturated heterocycles. The van der Waals surface area contributed by atoms with E-state index in [9.17, 15) is 9.18 Å². The van der Waals surface area contributed by atoms with E-state index in [1.807, 2.05) is 0 Å². The Hall–Kier alpha value is -0.700. The molecule has 0 N–H and O–H groups in total. The highest BCUT2D eigenvalue weighted by molar-refractivity contribution is 9.10. The van der Waals surface area contributed by atoms with Crippen LogP contribution in [0.25, 0.3) is 0 Å². The summed E-state index contributed by atoms with van der Waals surface area (Å²) in [6, 6.07) is 5.10. The van der Waals surface area contributed by atoms with Crippen molar-refractivity contribution in [2.24, 2.45) is 5.92 Å². The number of benzene rings is 1. The van der Waals surface area contributed by atoms with E-state index >= 15 is 0 Å². The Bertz CT molecular complexity index is 312. The van der Waals surface area contributed by atoms with E-state index in [1.54, 1.807) is 25.1 Å². The van der Waals surface area contributed by atoms with E-state index in [-0.39, 0.29) is 11.7 Å². The summed E-state index contributed by atoms with van der Waals surface area (Å²) < 4.78 is 13.8. The van der Waals surface area contributed by atoms with Crippen LogP contribution in [0.15, 0.2) is 22.7 Å². The smallest absolute Gasteiger partial charge is 0.140 e. The van der Waals surface area contributed by atoms with E-state index in [0.717, 1.165) is 6.29 Å². The number of carbonyl (C=O) groups is 1. The first-order valence-electron chi connectivity index (χ1n) is 4.03. The van der Waals surface area contributed by atoms with Crippen LogP contribution in [0.2, 0.25) is 0 Å². The third kappa shape index (κ3) is 2.62. The van der Waals surface area contributed by atoms with Crippen molar-refractivity contribution in [3.8, 4) is 0 Å². The van der Waals surface area contributed by atoms with Crippen molar-refractivity contribution < 1.29 is 9.18 Å². The van der Waals surface area contributed by atoms with Gasteiger partial charge in [0.25, 0.3) is 0 Å². The van der Waals surface area contributed by atoms with Crippen LogP contribution in [0, 0.1) is 11.7 Å². The average molecular weight is 245 g/mol. The second kappa shape index (κ2) is 4.51. The molecule has 1 nitrogen and oxygen atoms in total. The Morgan fingerprint density at radius 3 is 2.92 bits per heavy atom. The normalized spacial score (nSPS) is 12.5. The molecule has 0 aromatic heterocycles. The quantitative estimate of drug-likeness (QED) is 0.748. The Morgan fingerprint density at radius 2 is 2.31 bits per heavy atom. The summed E-state index contributed by atoms with van der Waals surface area (Å²) >= 11 is 3.09. The third-order valence-electron chi connectivity index (χ3n) is 1.81. The number of hydrogen-bond donors (Lipinski definition) is 0. The lowest BCUT2D eigenvalue weighted by molar-refractivity contribution is -0.110. The SMILES string of the molecule is CC(C=O)Cc1cccc(Br)c1F. The Labute approximate surface area is 85.1 Å². The molecule has 1 rings (SSSR count). The summed E-state index contributed by atoms with van der Waals surface area (Å²) in [4.78, 5) is 10.4. The number of rotatable bonds is 3. The first kappa shape index (κ1) is 10.4. The molecule has 1 unspecified atom stereocenters. The van der Waals surface area contributed by atoms with Gasteiger partial charge < -0.3 is 4.79 Å². The maximum absolute atomic E-state index is 13.3. The van der Waals surface area contributed by atoms with Crippen LogP contribution in [0.5, 0.6) is 0 Å². The molecule has 70 valence electrons. The van der Waals surface area contributed by atoms with Gasteiger partial charge in [0.1, 0.15) is 12.1 Å². The topological polar surface area (TPSA) is 17.1 Å². The minimum Gasteiger partial charge on any atom is -0.303 e. The number of carbonyl (C=O) groups excluding carboxylic acids is 1. The summed E-state index contributed by atoms with van der Waals surface area (Å²) in [7, 11) is 0. The van der Waals surface area contributed by atoms with Gasteiger partial charge in [0.15, 0.2) is 0 Å². The Kier molecular flexibility index (Phi) is 3.60. The molecule has 0 aliphatic carbocycles. The van der Waals surface area contributed by atoms with Crippen LogP contribution in [-0.2, 0) is 11.2 Å². The van der Waals surface area contributed by atoms with E-state index in [4.69, 9.17) is 0 Å². The highest BCUT2D eigenvalue weighted by Gasteiger charge is 2.08. The van der Waals surface area contributed by atoms with Crippen LogP contribution in [0.4, 0.5) is 4.39 Å². The van der Waals surface area contributed by atoms with Gasteiger partial charge in [0.05, 0.1) is 4.47 Å². The summed E-state index contributed by atoms with van der Waals surface area (Å²) in [5.74, 6) is -0.403. The van der Waals surface area contributed by atoms with Crippen molar-refractivity contribution in [1.29, 1.82) is 0 Å². The predicted molar refractivity (Wildman–Crippen MR) is 53.0 cm³/mol. The van der Waals surface area contributed by atoms with Crippen LogP contribution < -0.4 is 0 Å². The summed E-state index contributed by atoms with van der Waals surface area (Å²) in [6.45, 7) is 1.77. The van der Waals surface area contributed by atoms with Gasteiger partial charge in [0, 0.05) is 5.92 Å². The zero-order chi connectivity index (χ0) is 9.84. The van der Waals surface area contributed by atoms with Crippen LogP contribution in [0.1, 0.15) is 12.5 Å². The molecule has 0 bridgehead atoms. The molecule has 13 heavy (non-hydrogen) atoms. The van der Waals surface area contributed by atoms with Gasteiger partial charge in [-0.25, -0.2) is 4.39 Å². The van der Waals surface area contributed by atoms with Crippen LogP contribution >= 0.6 is 15.9 Å². The first-order chi connectivity index (χ1) is 6.15. The average Bonchev–Trinajstić information content (AvgIpc) is 2.13. The second-order valence-corrected chi connectivity index (χ2v) is 3.88. The monoisotopic (exact) mass is 244 g/mol. The third-order valence-corrected chi connectivity index (χ3v) is 2.42. The Morgan fingerprint density at radius 1 is 1.62 bits per heavy atom. The van der Waals surface area contributed by atoms with E-state index in [2.05, 4.69) is 15.9 Å². The minimum atomic E-state index is -0.267. The maximum atomic E-state index is 13.3. The van der Waals surface area contributed by atoms with Crippen molar-refractivity contribution in [3.05, 3.63) is 34.1 Å². The van der Waals surface area contributed by atoms with Crippen molar-refractivity contribution in [2.45, 2.75) is 13.3 Å². The van der Waals surface area contributed by atoms with Gasteiger partial charge >= 0.3 is 0 Å². The number of halogens is 2. The van der Waals surface area contributed by atoms with Crippen LogP contribution in [0.3, 0.4) is 0 Å². The molecule has 0 aliphatic heterocycles. The van der Waals surface area contributed by atoms with Crippen molar-refractivity contribution in [3.63, 3.8) is 0 Å². The maximum Gasteiger partial charge on any atom is 0.140 e. The van der Waals surface area contributed by atoms with Gasteiger partial charge in [-0.2, -0.15) is 0 Å². The molecule has 1 atom stereocenters. The molecule has 0 heterocycles. The molecule has 0 aliphatic rings. The molecule has 0 fully saturated rings. The second-order valence-electron chi connectivity index (χ2n) is 3.03. The number of aldehydes is 1. The number of hydrogen-bond acceptors (Lipinski definition) is 1. The van der Waals surface area contributed by atoms with Gasteiger partial charge in [-0.05, 0) is 34.0 Å². The van der Waals surface area contributed by atoms with Gasteiger partial charge in [-0.3, -0.25) is 0 Å². The minimum absolute atomic E-state index is 0.135. The largest absolute Gasteiger partial charge is 0.303 e. The lowest BCUT2D eigenvalue weighted by atomic mass is 10.0. The standard InChI is InChI=1S/C10H10BrFO/c1-7(6-13)5-8-3-2-4-9(11)10(8)12/h2-4,6-7H,5H2,1H3. The van der Waals surface area contributed by atoms with Crippen molar-refractivity contribution in [2.75, 3.05) is 0 Å². The van der Waals surface area contributed by atoms with Gasteiger partial charge in [-0.15, -0.1) is 0 Å². The highest BCUT2D eigenvalue weighted by atomic mass is 79.9. The fraction of sp³-hybridized carbons (Fsp3) is 0.300. The lowest BCUT2D eigenvalue weighted by Crippen LogP contribution is -2.02. The summed E-state index contributed by atoms with van der Waals surface area (Å²) in [5.41, 5.74) is 0.578. The van der Waals surface area contributed by atoms with Gasteiger partial charge in [0.2, 0.25) is 0 Å². The van der Waals surface area contributed by atoms with Crippen LogP contribution in [-0.4, -0.2) is 6.29 Å². The molecule has 0 spiro atoms. The Balaban J connectivity index is 2.88. The molecule has 3 heteroatoms. The van der Waals surface area contributed by atoms with Crippen molar-refractivity contribution >= 4 is 22.2 Å². The summed E-state index contributed by atoms with van der Waals surface area (Å²) in [6.07, 6.45) is 1.29. The zero-order valence-electron chi connectivity index (χ0n) is 7.26. The predicted octanol–water partition coefficient (Wildman–Crippen LogP) is 2.97. The van der Waals surface area contributed by atoms with Crippen molar-refractivity contribution in [1.82, 2.24) is 0 Å². The molecule has 0 radical (unpaired) electrons. The molecule has 1 aromatic rings. The van der Waals surface area contributed by atoms with E-state index in [1.165, 1.54) is 0 Å². The molecule has 1 aromatic carbocycles. The van der Waals surface area contributed by atoms with E-state index in [0.29, 0.717) is 16.5 Å². The lowest BCUT2D eigenvalue weighted by Gasteiger charge is -2.05. The fourth-order valence-electron chi connectivity index (χ4n) is 1.10. The fourth-order valence-corrected chi connectivity index (χ4v) is 1.51. The summed E-state index contributed by atoms with van der Waals surface area (Å²) in [5, 5.41) is 0.